The first-order chi connectivity index (χ1) is 29.5. The number of hydrogen-bond donors (Lipinski definition) is 2. The summed E-state index contributed by atoms with van der Waals surface area (Å²) in [4.78, 5) is 0. The summed E-state index contributed by atoms with van der Waals surface area (Å²) in [6, 6.07) is 74.0. The molecule has 286 valence electrons. The summed E-state index contributed by atoms with van der Waals surface area (Å²) >= 11 is 0. The summed E-state index contributed by atoms with van der Waals surface area (Å²) < 4.78 is 12.8. The highest BCUT2D eigenvalue weighted by molar-refractivity contribution is 5.87. The molecule has 0 fully saturated rings. The zero-order valence-electron chi connectivity index (χ0n) is 32.5. The van der Waals surface area contributed by atoms with Crippen molar-refractivity contribution in [3.8, 4) is 56.8 Å². The van der Waals surface area contributed by atoms with Gasteiger partial charge in [0, 0.05) is 0 Å². The van der Waals surface area contributed by atoms with Gasteiger partial charge in [-0.05, 0) is 140 Å². The summed E-state index contributed by atoms with van der Waals surface area (Å²) in [6.45, 7) is 0. The first-order valence-corrected chi connectivity index (χ1v) is 20.2. The third-order valence-corrected chi connectivity index (χ3v) is 12.4. The van der Waals surface area contributed by atoms with Crippen LogP contribution in [0, 0.1) is 0 Å². The Kier molecular flexibility index (Phi) is 8.21. The van der Waals surface area contributed by atoms with E-state index in [1.165, 1.54) is 44.5 Å². The number of phenols is 2. The van der Waals surface area contributed by atoms with Crippen LogP contribution >= 0.6 is 0 Å². The minimum Gasteiger partial charge on any atom is -0.508 e. The van der Waals surface area contributed by atoms with E-state index in [2.05, 4.69) is 121 Å². The van der Waals surface area contributed by atoms with Crippen LogP contribution < -0.4 is 9.47 Å². The second-order valence-corrected chi connectivity index (χ2v) is 15.5. The third kappa shape index (κ3) is 5.38. The zero-order valence-corrected chi connectivity index (χ0v) is 32.5. The van der Waals surface area contributed by atoms with Crippen molar-refractivity contribution in [3.05, 3.63) is 263 Å². The standard InChI is InChI=1S/C56H38O4/c57-41-25-17-37(18-26-41)55(51-13-5-1-9-47(51)48-10-2-6-14-52(48)55)39-21-29-43(30-22-39)59-45-33-35-46(36-34-45)60-44-31-23-40(24-32-44)56(38-19-27-42(58)28-20-38)53-15-7-3-11-49(53)50-12-4-8-16-54(50)56/h1-36,57-58H. The maximum absolute atomic E-state index is 10.2. The average Bonchev–Trinajstić information content (AvgIpc) is 3.77. The van der Waals surface area contributed by atoms with Crippen LogP contribution in [0.1, 0.15) is 44.5 Å². The van der Waals surface area contributed by atoms with Crippen LogP contribution in [0.5, 0.6) is 34.5 Å². The fraction of sp³-hybridized carbons (Fsp3) is 0.0357. The van der Waals surface area contributed by atoms with Crippen LogP contribution in [0.2, 0.25) is 0 Å². The lowest BCUT2D eigenvalue weighted by molar-refractivity contribution is 0.469. The van der Waals surface area contributed by atoms with E-state index in [-0.39, 0.29) is 11.5 Å². The van der Waals surface area contributed by atoms with Crippen LogP contribution in [0.3, 0.4) is 0 Å². The molecule has 0 aliphatic heterocycles. The van der Waals surface area contributed by atoms with E-state index >= 15 is 0 Å². The highest BCUT2D eigenvalue weighted by Gasteiger charge is 2.47. The molecule has 0 saturated carbocycles. The molecule has 60 heavy (non-hydrogen) atoms. The predicted molar refractivity (Wildman–Crippen MR) is 237 cm³/mol. The van der Waals surface area contributed by atoms with E-state index in [1.54, 1.807) is 24.3 Å². The molecular weight excluding hydrogens is 737 g/mol. The maximum Gasteiger partial charge on any atom is 0.127 e. The molecule has 0 saturated heterocycles. The lowest BCUT2D eigenvalue weighted by atomic mass is 9.68. The molecule has 11 rings (SSSR count). The molecule has 4 heteroatoms. The maximum atomic E-state index is 10.2. The lowest BCUT2D eigenvalue weighted by Crippen LogP contribution is -2.28. The minimum absolute atomic E-state index is 0.240. The van der Waals surface area contributed by atoms with E-state index in [0.29, 0.717) is 11.5 Å². The molecule has 2 aliphatic rings. The molecule has 4 nitrogen and oxygen atoms in total. The minimum atomic E-state index is -0.561. The Balaban J connectivity index is 0.863. The highest BCUT2D eigenvalue weighted by Crippen LogP contribution is 2.58. The second-order valence-electron chi connectivity index (χ2n) is 15.5. The van der Waals surface area contributed by atoms with Gasteiger partial charge in [0.2, 0.25) is 0 Å². The molecular formula is C56H38O4. The molecule has 0 amide bonds. The number of fused-ring (bicyclic) bond motifs is 6. The number of phenolic OH excluding ortho intramolecular Hbond substituents is 2. The van der Waals surface area contributed by atoms with Crippen molar-refractivity contribution in [3.63, 3.8) is 0 Å². The topological polar surface area (TPSA) is 58.9 Å². The van der Waals surface area contributed by atoms with Crippen molar-refractivity contribution in [1.29, 1.82) is 0 Å². The van der Waals surface area contributed by atoms with Gasteiger partial charge in [-0.1, -0.05) is 146 Å². The van der Waals surface area contributed by atoms with Crippen molar-refractivity contribution in [2.24, 2.45) is 0 Å². The number of aromatic hydroxyl groups is 2. The SMILES string of the molecule is Oc1ccc(C2(c3ccc(Oc4ccc(Oc5ccc(C6(c7ccc(O)cc7)c7ccccc7-c7ccccc76)cc5)cc4)cc3)c3ccccc3-c3ccccc32)cc1. The van der Waals surface area contributed by atoms with Gasteiger partial charge < -0.3 is 19.7 Å². The molecule has 0 bridgehead atoms. The van der Waals surface area contributed by atoms with Crippen LogP contribution in [0.15, 0.2) is 218 Å². The first-order valence-electron chi connectivity index (χ1n) is 20.2. The second kappa shape index (κ2) is 13.9. The molecule has 0 spiro atoms. The molecule has 0 unspecified atom stereocenters. The van der Waals surface area contributed by atoms with Crippen molar-refractivity contribution in [2.45, 2.75) is 10.8 Å². The van der Waals surface area contributed by atoms with Crippen LogP contribution in [-0.2, 0) is 10.8 Å². The van der Waals surface area contributed by atoms with Gasteiger partial charge in [-0.15, -0.1) is 0 Å². The first kappa shape index (κ1) is 35.4. The van der Waals surface area contributed by atoms with Crippen LogP contribution in [-0.4, -0.2) is 10.2 Å². The molecule has 9 aromatic carbocycles. The zero-order chi connectivity index (χ0) is 40.3. The molecule has 2 aliphatic carbocycles. The summed E-state index contributed by atoms with van der Waals surface area (Å²) in [6.07, 6.45) is 0. The Morgan fingerprint density at radius 2 is 0.467 bits per heavy atom. The van der Waals surface area contributed by atoms with E-state index in [4.69, 9.17) is 9.47 Å². The van der Waals surface area contributed by atoms with Crippen molar-refractivity contribution >= 4 is 0 Å². The quantitative estimate of drug-likeness (QED) is 0.161. The monoisotopic (exact) mass is 774 g/mol. The third-order valence-electron chi connectivity index (χ3n) is 12.4. The Labute approximate surface area is 348 Å². The van der Waals surface area contributed by atoms with E-state index < -0.39 is 10.8 Å². The average molecular weight is 775 g/mol. The molecule has 0 atom stereocenters. The summed E-state index contributed by atoms with van der Waals surface area (Å²) in [5.41, 5.74) is 13.0. The van der Waals surface area contributed by atoms with E-state index in [0.717, 1.165) is 33.8 Å². The van der Waals surface area contributed by atoms with Gasteiger partial charge >= 0.3 is 0 Å². The lowest BCUT2D eigenvalue weighted by Gasteiger charge is -2.34. The van der Waals surface area contributed by atoms with Crippen LogP contribution in [0.4, 0.5) is 0 Å². The number of rotatable bonds is 8. The Bertz CT molecular complexity index is 2720. The number of hydrogen-bond acceptors (Lipinski definition) is 4. The summed E-state index contributed by atoms with van der Waals surface area (Å²) in [5.74, 6) is 3.32. The summed E-state index contributed by atoms with van der Waals surface area (Å²) in [7, 11) is 0. The van der Waals surface area contributed by atoms with E-state index in [9.17, 15) is 10.2 Å². The highest BCUT2D eigenvalue weighted by atomic mass is 16.5. The molecule has 9 aromatic rings. The fourth-order valence-corrected chi connectivity index (χ4v) is 9.86. The Morgan fingerprint density at radius 1 is 0.250 bits per heavy atom. The summed E-state index contributed by atoms with van der Waals surface area (Å²) in [5, 5.41) is 20.5. The van der Waals surface area contributed by atoms with Gasteiger partial charge in [0.05, 0.1) is 10.8 Å². The molecule has 0 aromatic heterocycles. The van der Waals surface area contributed by atoms with Crippen molar-refractivity contribution < 1.29 is 19.7 Å². The predicted octanol–water partition coefficient (Wildman–Crippen LogP) is 13.4. The van der Waals surface area contributed by atoms with Crippen LogP contribution in [0.25, 0.3) is 22.3 Å². The van der Waals surface area contributed by atoms with Gasteiger partial charge in [0.25, 0.3) is 0 Å². The van der Waals surface area contributed by atoms with Crippen molar-refractivity contribution in [2.75, 3.05) is 0 Å². The largest absolute Gasteiger partial charge is 0.508 e. The molecule has 0 heterocycles. The van der Waals surface area contributed by atoms with E-state index in [1.807, 2.05) is 72.8 Å². The molecule has 0 radical (unpaired) electrons. The molecule has 2 N–H and O–H groups in total. The van der Waals surface area contributed by atoms with Gasteiger partial charge in [0.1, 0.15) is 34.5 Å². The number of ether oxygens (including phenoxy) is 2. The van der Waals surface area contributed by atoms with Gasteiger partial charge in [-0.25, -0.2) is 0 Å². The van der Waals surface area contributed by atoms with Gasteiger partial charge in [0.15, 0.2) is 0 Å². The Hall–Kier alpha value is -7.82. The Morgan fingerprint density at radius 3 is 0.733 bits per heavy atom. The fourth-order valence-electron chi connectivity index (χ4n) is 9.86. The smallest absolute Gasteiger partial charge is 0.127 e. The van der Waals surface area contributed by atoms with Crippen molar-refractivity contribution in [1.82, 2.24) is 0 Å². The number of benzene rings is 9. The van der Waals surface area contributed by atoms with Gasteiger partial charge in [-0.3, -0.25) is 0 Å². The normalized spacial score (nSPS) is 13.7. The van der Waals surface area contributed by atoms with Gasteiger partial charge in [-0.2, -0.15) is 0 Å².